The molecule has 0 atom stereocenters. The minimum absolute atomic E-state index is 0.181. The maximum atomic E-state index is 4.89. The summed E-state index contributed by atoms with van der Waals surface area (Å²) < 4.78 is 0. The van der Waals surface area contributed by atoms with Crippen LogP contribution < -0.4 is 0 Å². The Bertz CT molecular complexity index is 1950. The highest BCUT2D eigenvalue weighted by molar-refractivity contribution is 5.96. The van der Waals surface area contributed by atoms with E-state index >= 15 is 0 Å². The molecule has 0 unspecified atom stereocenters. The third-order valence-electron chi connectivity index (χ3n) is 8.27. The topological polar surface area (TPSA) is 38.7 Å². The SMILES string of the molecule is CC(C)(c1ccc(-c2nc(-c3ccccc3)nc(-c3ccccc3)n2)cc1)c1ccc(-c2cccc3ccccc23)cc1. The second-order valence-corrected chi connectivity index (χ2v) is 11.3. The first-order valence-corrected chi connectivity index (χ1v) is 14.6. The van der Waals surface area contributed by atoms with Crippen LogP contribution in [0.4, 0.5) is 0 Å². The van der Waals surface area contributed by atoms with Gasteiger partial charge >= 0.3 is 0 Å². The Labute approximate surface area is 252 Å². The predicted octanol–water partition coefficient (Wildman–Crippen LogP) is 10.0. The largest absolute Gasteiger partial charge is 0.208 e. The summed E-state index contributed by atoms with van der Waals surface area (Å²) in [5.41, 5.74) is 7.69. The first kappa shape index (κ1) is 26.5. The van der Waals surface area contributed by atoms with Gasteiger partial charge < -0.3 is 0 Å². The highest BCUT2D eigenvalue weighted by Crippen LogP contribution is 2.35. The van der Waals surface area contributed by atoms with Crippen LogP contribution in [0.2, 0.25) is 0 Å². The van der Waals surface area contributed by atoms with Gasteiger partial charge in [0.25, 0.3) is 0 Å². The van der Waals surface area contributed by atoms with Gasteiger partial charge in [0.15, 0.2) is 17.5 Å². The van der Waals surface area contributed by atoms with E-state index in [9.17, 15) is 0 Å². The van der Waals surface area contributed by atoms with Crippen molar-refractivity contribution in [1.29, 1.82) is 0 Å². The van der Waals surface area contributed by atoms with E-state index in [0.29, 0.717) is 17.5 Å². The van der Waals surface area contributed by atoms with Crippen molar-refractivity contribution in [3.8, 4) is 45.3 Å². The van der Waals surface area contributed by atoms with Gasteiger partial charge in [0, 0.05) is 22.1 Å². The molecule has 0 N–H and O–H groups in total. The summed E-state index contributed by atoms with van der Waals surface area (Å²) in [6.45, 7) is 4.55. The zero-order valence-electron chi connectivity index (χ0n) is 24.3. The molecule has 0 saturated carbocycles. The summed E-state index contributed by atoms with van der Waals surface area (Å²) in [4.78, 5) is 14.6. The van der Waals surface area contributed by atoms with Crippen molar-refractivity contribution in [2.75, 3.05) is 0 Å². The molecule has 0 aliphatic heterocycles. The average molecular weight is 554 g/mol. The van der Waals surface area contributed by atoms with Crippen molar-refractivity contribution >= 4 is 10.8 Å². The number of nitrogens with zero attached hydrogens (tertiary/aromatic N) is 3. The van der Waals surface area contributed by atoms with Crippen LogP contribution in [0, 0.1) is 0 Å². The Morgan fingerprint density at radius 1 is 0.372 bits per heavy atom. The Kier molecular flexibility index (Phi) is 6.84. The van der Waals surface area contributed by atoms with Gasteiger partial charge in [0.1, 0.15) is 0 Å². The second kappa shape index (κ2) is 11.1. The van der Waals surface area contributed by atoms with Gasteiger partial charge in [-0.2, -0.15) is 0 Å². The molecule has 0 fully saturated rings. The molecule has 1 aromatic heterocycles. The summed E-state index contributed by atoms with van der Waals surface area (Å²) in [6.07, 6.45) is 0. The molecule has 7 aromatic rings. The lowest BCUT2D eigenvalue weighted by molar-refractivity contribution is 0.641. The quantitative estimate of drug-likeness (QED) is 0.206. The van der Waals surface area contributed by atoms with Crippen molar-refractivity contribution in [2.45, 2.75) is 19.3 Å². The van der Waals surface area contributed by atoms with Crippen LogP contribution in [0.25, 0.3) is 56.1 Å². The normalized spacial score (nSPS) is 11.5. The third-order valence-corrected chi connectivity index (χ3v) is 8.27. The Hall–Kier alpha value is -5.41. The summed E-state index contributed by atoms with van der Waals surface area (Å²) in [7, 11) is 0. The van der Waals surface area contributed by atoms with E-state index in [-0.39, 0.29) is 5.41 Å². The number of benzene rings is 6. The number of aromatic nitrogens is 3. The smallest absolute Gasteiger partial charge is 0.164 e. The number of rotatable bonds is 6. The molecule has 0 bridgehead atoms. The monoisotopic (exact) mass is 553 g/mol. The predicted molar refractivity (Wildman–Crippen MR) is 178 cm³/mol. The molecule has 7 rings (SSSR count). The standard InChI is InChI=1S/C40H31N3/c1-40(2,33-24-20-29(21-25-33)36-19-11-17-28-12-9-10-18-35(28)36)34-26-22-32(23-27-34)39-42-37(30-13-5-3-6-14-30)41-38(43-39)31-15-7-4-8-16-31/h3-27H,1-2H3. The molecule has 0 amide bonds. The third kappa shape index (κ3) is 5.22. The molecule has 0 aliphatic carbocycles. The van der Waals surface area contributed by atoms with Crippen LogP contribution in [-0.2, 0) is 5.41 Å². The molecule has 3 nitrogen and oxygen atoms in total. The highest BCUT2D eigenvalue weighted by atomic mass is 15.0. The average Bonchev–Trinajstić information content (AvgIpc) is 3.09. The van der Waals surface area contributed by atoms with Gasteiger partial charge in [-0.15, -0.1) is 0 Å². The highest BCUT2D eigenvalue weighted by Gasteiger charge is 2.23. The van der Waals surface area contributed by atoms with Crippen LogP contribution >= 0.6 is 0 Å². The molecule has 3 heteroatoms. The Morgan fingerprint density at radius 3 is 1.33 bits per heavy atom. The fourth-order valence-corrected chi connectivity index (χ4v) is 5.68. The molecule has 1 heterocycles. The zero-order chi connectivity index (χ0) is 29.2. The van der Waals surface area contributed by atoms with Crippen molar-refractivity contribution in [3.05, 3.63) is 163 Å². The van der Waals surface area contributed by atoms with E-state index in [0.717, 1.165) is 16.7 Å². The maximum absolute atomic E-state index is 4.89. The molecule has 206 valence electrons. The van der Waals surface area contributed by atoms with Crippen LogP contribution in [0.5, 0.6) is 0 Å². The minimum Gasteiger partial charge on any atom is -0.208 e. The van der Waals surface area contributed by atoms with Crippen molar-refractivity contribution in [1.82, 2.24) is 15.0 Å². The lowest BCUT2D eigenvalue weighted by Crippen LogP contribution is -2.18. The molecule has 6 aromatic carbocycles. The molecule has 0 spiro atoms. The van der Waals surface area contributed by atoms with Gasteiger partial charge in [-0.05, 0) is 33.0 Å². The van der Waals surface area contributed by atoms with Crippen molar-refractivity contribution < 1.29 is 0 Å². The second-order valence-electron chi connectivity index (χ2n) is 11.3. The first-order valence-electron chi connectivity index (χ1n) is 14.6. The van der Waals surface area contributed by atoms with Crippen LogP contribution in [0.1, 0.15) is 25.0 Å². The van der Waals surface area contributed by atoms with Gasteiger partial charge in [0.05, 0.1) is 0 Å². The van der Waals surface area contributed by atoms with E-state index in [1.165, 1.54) is 33.0 Å². The van der Waals surface area contributed by atoms with Gasteiger partial charge in [-0.1, -0.05) is 166 Å². The molecule has 43 heavy (non-hydrogen) atoms. The number of hydrogen-bond acceptors (Lipinski definition) is 3. The summed E-state index contributed by atoms with van der Waals surface area (Å²) in [6, 6.07) is 52.9. The lowest BCUT2D eigenvalue weighted by atomic mass is 9.77. The molecular weight excluding hydrogens is 522 g/mol. The van der Waals surface area contributed by atoms with E-state index in [4.69, 9.17) is 15.0 Å². The van der Waals surface area contributed by atoms with E-state index in [1.807, 2.05) is 60.7 Å². The van der Waals surface area contributed by atoms with Gasteiger partial charge in [0.2, 0.25) is 0 Å². The lowest BCUT2D eigenvalue weighted by Gasteiger charge is -2.26. The fourth-order valence-electron chi connectivity index (χ4n) is 5.68. The Morgan fingerprint density at radius 2 is 0.791 bits per heavy atom. The Balaban J connectivity index is 1.21. The molecular formula is C40H31N3. The van der Waals surface area contributed by atoms with Crippen molar-refractivity contribution in [3.63, 3.8) is 0 Å². The van der Waals surface area contributed by atoms with E-state index in [2.05, 4.69) is 105 Å². The maximum Gasteiger partial charge on any atom is 0.164 e. The van der Waals surface area contributed by atoms with Crippen LogP contribution in [-0.4, -0.2) is 15.0 Å². The number of hydrogen-bond donors (Lipinski definition) is 0. The van der Waals surface area contributed by atoms with E-state index < -0.39 is 0 Å². The molecule has 0 radical (unpaired) electrons. The van der Waals surface area contributed by atoms with Crippen LogP contribution in [0.15, 0.2) is 152 Å². The minimum atomic E-state index is -0.181. The van der Waals surface area contributed by atoms with Crippen molar-refractivity contribution in [2.24, 2.45) is 0 Å². The summed E-state index contributed by atoms with van der Waals surface area (Å²) in [5.74, 6) is 2.00. The zero-order valence-corrected chi connectivity index (χ0v) is 24.3. The fraction of sp³-hybridized carbons (Fsp3) is 0.0750. The number of fused-ring (bicyclic) bond motifs is 1. The first-order chi connectivity index (χ1) is 21.1. The van der Waals surface area contributed by atoms with E-state index in [1.54, 1.807) is 0 Å². The van der Waals surface area contributed by atoms with Gasteiger partial charge in [-0.3, -0.25) is 0 Å². The molecule has 0 saturated heterocycles. The summed E-state index contributed by atoms with van der Waals surface area (Å²) >= 11 is 0. The molecule has 0 aliphatic rings. The van der Waals surface area contributed by atoms with Gasteiger partial charge in [-0.25, -0.2) is 15.0 Å². The summed E-state index contributed by atoms with van der Waals surface area (Å²) in [5, 5.41) is 2.53. The van der Waals surface area contributed by atoms with Crippen LogP contribution in [0.3, 0.4) is 0 Å².